The molecule has 1 N–H and O–H groups in total. The van der Waals surface area contributed by atoms with Crippen LogP contribution < -0.4 is 5.32 Å². The Morgan fingerprint density at radius 1 is 1.25 bits per heavy atom. The molecule has 124 valence electrons. The van der Waals surface area contributed by atoms with Crippen LogP contribution in [0.3, 0.4) is 0 Å². The Morgan fingerprint density at radius 3 is 2.96 bits per heavy atom. The number of ether oxygens (including phenoxy) is 1. The minimum atomic E-state index is -0.0529. The fourth-order valence-electron chi connectivity index (χ4n) is 3.19. The molecule has 1 saturated heterocycles. The van der Waals surface area contributed by atoms with Crippen molar-refractivity contribution in [3.63, 3.8) is 0 Å². The minimum Gasteiger partial charge on any atom is -0.381 e. The second kappa shape index (κ2) is 6.49. The maximum absolute atomic E-state index is 12.3. The standard InChI is InChI=1S/C18H20N4O2/c23-18(13-21-8-5-14-3-1-2-4-17(14)21)20-15-11-19-22(12-15)16-6-9-24-10-7-16/h1-5,8,11-12,16H,6-7,9-10,13H2,(H,20,23). The lowest BCUT2D eigenvalue weighted by atomic mass is 10.1. The number of nitrogens with one attached hydrogen (secondary N) is 1. The van der Waals surface area contributed by atoms with Gasteiger partial charge in [0.25, 0.3) is 0 Å². The Kier molecular flexibility index (Phi) is 4.04. The predicted molar refractivity (Wildman–Crippen MR) is 91.9 cm³/mol. The van der Waals surface area contributed by atoms with Gasteiger partial charge < -0.3 is 14.6 Å². The summed E-state index contributed by atoms with van der Waals surface area (Å²) in [4.78, 5) is 12.3. The van der Waals surface area contributed by atoms with E-state index in [-0.39, 0.29) is 12.5 Å². The summed E-state index contributed by atoms with van der Waals surface area (Å²) in [6.07, 6.45) is 7.48. The lowest BCUT2D eigenvalue weighted by molar-refractivity contribution is -0.116. The van der Waals surface area contributed by atoms with E-state index < -0.39 is 0 Å². The monoisotopic (exact) mass is 324 g/mol. The molecule has 0 radical (unpaired) electrons. The van der Waals surface area contributed by atoms with E-state index in [1.807, 2.05) is 52.0 Å². The molecule has 24 heavy (non-hydrogen) atoms. The third-order valence-corrected chi connectivity index (χ3v) is 4.44. The number of hydrogen-bond donors (Lipinski definition) is 1. The zero-order valence-corrected chi connectivity index (χ0v) is 13.4. The zero-order valence-electron chi connectivity index (χ0n) is 13.4. The van der Waals surface area contributed by atoms with Gasteiger partial charge in [-0.15, -0.1) is 0 Å². The van der Waals surface area contributed by atoms with Gasteiger partial charge in [0.1, 0.15) is 6.54 Å². The molecule has 1 amide bonds. The number of para-hydroxylation sites is 1. The lowest BCUT2D eigenvalue weighted by Gasteiger charge is -2.22. The molecule has 0 saturated carbocycles. The number of fused-ring (bicyclic) bond motifs is 1. The van der Waals surface area contributed by atoms with Gasteiger partial charge >= 0.3 is 0 Å². The van der Waals surface area contributed by atoms with Gasteiger partial charge in [0.2, 0.25) is 5.91 Å². The van der Waals surface area contributed by atoms with Crippen LogP contribution in [0.4, 0.5) is 5.69 Å². The van der Waals surface area contributed by atoms with Crippen LogP contribution in [0.5, 0.6) is 0 Å². The topological polar surface area (TPSA) is 61.1 Å². The highest BCUT2D eigenvalue weighted by Crippen LogP contribution is 2.21. The van der Waals surface area contributed by atoms with E-state index in [9.17, 15) is 4.79 Å². The highest BCUT2D eigenvalue weighted by molar-refractivity contribution is 5.91. The molecule has 0 atom stereocenters. The fraction of sp³-hybridized carbons (Fsp3) is 0.333. The largest absolute Gasteiger partial charge is 0.381 e. The summed E-state index contributed by atoms with van der Waals surface area (Å²) in [6.45, 7) is 1.83. The Balaban J connectivity index is 1.42. The van der Waals surface area contributed by atoms with E-state index in [4.69, 9.17) is 4.74 Å². The second-order valence-electron chi connectivity index (χ2n) is 6.10. The summed E-state index contributed by atoms with van der Waals surface area (Å²) < 4.78 is 9.26. The molecule has 1 aliphatic rings. The number of nitrogens with zero attached hydrogens (tertiary/aromatic N) is 3. The summed E-state index contributed by atoms with van der Waals surface area (Å²) in [5, 5.41) is 8.45. The number of carbonyl (C=O) groups excluding carboxylic acids is 1. The first-order valence-corrected chi connectivity index (χ1v) is 8.25. The van der Waals surface area contributed by atoms with Crippen molar-refractivity contribution in [3.05, 3.63) is 48.9 Å². The van der Waals surface area contributed by atoms with Crippen LogP contribution in [0.1, 0.15) is 18.9 Å². The van der Waals surface area contributed by atoms with E-state index in [0.717, 1.165) is 42.6 Å². The van der Waals surface area contributed by atoms with Gasteiger partial charge in [0.15, 0.2) is 0 Å². The van der Waals surface area contributed by atoms with Gasteiger partial charge in [-0.05, 0) is 30.4 Å². The Hall–Kier alpha value is -2.60. The number of benzene rings is 1. The highest BCUT2D eigenvalue weighted by Gasteiger charge is 2.17. The van der Waals surface area contributed by atoms with Gasteiger partial charge in [-0.3, -0.25) is 9.48 Å². The molecule has 2 aromatic heterocycles. The first-order chi connectivity index (χ1) is 11.8. The minimum absolute atomic E-state index is 0.0529. The highest BCUT2D eigenvalue weighted by atomic mass is 16.5. The molecule has 3 aromatic rings. The van der Waals surface area contributed by atoms with Crippen LogP contribution in [-0.4, -0.2) is 33.5 Å². The predicted octanol–water partition coefficient (Wildman–Crippen LogP) is 2.83. The third-order valence-electron chi connectivity index (χ3n) is 4.44. The Labute approximate surface area is 140 Å². The van der Waals surface area contributed by atoms with E-state index in [1.165, 1.54) is 0 Å². The first-order valence-electron chi connectivity index (χ1n) is 8.25. The van der Waals surface area contributed by atoms with Crippen molar-refractivity contribution in [2.75, 3.05) is 18.5 Å². The van der Waals surface area contributed by atoms with Crippen LogP contribution in [0.2, 0.25) is 0 Å². The number of rotatable bonds is 4. The number of aromatic nitrogens is 3. The van der Waals surface area contributed by atoms with Crippen molar-refractivity contribution in [1.29, 1.82) is 0 Å². The van der Waals surface area contributed by atoms with Crippen LogP contribution in [0.25, 0.3) is 10.9 Å². The average molecular weight is 324 g/mol. The SMILES string of the molecule is O=C(Cn1ccc2ccccc21)Nc1cnn(C2CCOCC2)c1. The summed E-state index contributed by atoms with van der Waals surface area (Å²) in [5.41, 5.74) is 1.80. The maximum atomic E-state index is 12.3. The second-order valence-corrected chi connectivity index (χ2v) is 6.10. The average Bonchev–Trinajstić information content (AvgIpc) is 3.23. The molecule has 1 aromatic carbocycles. The van der Waals surface area contributed by atoms with Crippen molar-refractivity contribution < 1.29 is 9.53 Å². The lowest BCUT2D eigenvalue weighted by Crippen LogP contribution is -2.20. The van der Waals surface area contributed by atoms with Crippen LogP contribution in [-0.2, 0) is 16.1 Å². The van der Waals surface area contributed by atoms with Gasteiger partial charge in [-0.1, -0.05) is 18.2 Å². The summed E-state index contributed by atoms with van der Waals surface area (Å²) in [7, 11) is 0. The van der Waals surface area contributed by atoms with E-state index in [1.54, 1.807) is 6.20 Å². The van der Waals surface area contributed by atoms with Gasteiger partial charge in [-0.2, -0.15) is 5.10 Å². The van der Waals surface area contributed by atoms with Crippen LogP contribution in [0.15, 0.2) is 48.9 Å². The normalized spacial score (nSPS) is 15.7. The van der Waals surface area contributed by atoms with Gasteiger partial charge in [0.05, 0.1) is 17.9 Å². The number of amides is 1. The van der Waals surface area contributed by atoms with Crippen molar-refractivity contribution >= 4 is 22.5 Å². The molecule has 4 rings (SSSR count). The molecule has 0 spiro atoms. The first kappa shape index (κ1) is 15.0. The summed E-state index contributed by atoms with van der Waals surface area (Å²) in [5.74, 6) is -0.0529. The van der Waals surface area contributed by atoms with Gasteiger partial charge in [-0.25, -0.2) is 0 Å². The number of carbonyl (C=O) groups is 1. The molecule has 6 nitrogen and oxygen atoms in total. The summed E-state index contributed by atoms with van der Waals surface area (Å²) >= 11 is 0. The zero-order chi connectivity index (χ0) is 16.4. The molecule has 1 aliphatic heterocycles. The molecule has 0 bridgehead atoms. The number of hydrogen-bond acceptors (Lipinski definition) is 3. The molecule has 1 fully saturated rings. The van der Waals surface area contributed by atoms with Crippen molar-refractivity contribution in [2.45, 2.75) is 25.4 Å². The molecule has 6 heteroatoms. The summed E-state index contributed by atoms with van der Waals surface area (Å²) in [6, 6.07) is 10.4. The molecular weight excluding hydrogens is 304 g/mol. The van der Waals surface area contributed by atoms with E-state index >= 15 is 0 Å². The quantitative estimate of drug-likeness (QED) is 0.803. The van der Waals surface area contributed by atoms with Crippen LogP contribution in [0, 0.1) is 0 Å². The number of anilines is 1. The molecule has 0 unspecified atom stereocenters. The molecular formula is C18H20N4O2. The third kappa shape index (κ3) is 3.05. The van der Waals surface area contributed by atoms with Gasteiger partial charge in [0, 0.05) is 31.1 Å². The Bertz CT molecular complexity index is 845. The van der Waals surface area contributed by atoms with Crippen molar-refractivity contribution in [1.82, 2.24) is 14.3 Å². The Morgan fingerprint density at radius 2 is 2.08 bits per heavy atom. The van der Waals surface area contributed by atoms with E-state index in [2.05, 4.69) is 10.4 Å². The van der Waals surface area contributed by atoms with Crippen LogP contribution >= 0.6 is 0 Å². The molecule has 0 aliphatic carbocycles. The van der Waals surface area contributed by atoms with E-state index in [0.29, 0.717) is 6.04 Å². The molecule has 3 heterocycles. The smallest absolute Gasteiger partial charge is 0.244 e. The maximum Gasteiger partial charge on any atom is 0.244 e. The van der Waals surface area contributed by atoms with Crippen molar-refractivity contribution in [3.8, 4) is 0 Å². The van der Waals surface area contributed by atoms with Crippen molar-refractivity contribution in [2.24, 2.45) is 0 Å². The fourth-order valence-corrected chi connectivity index (χ4v) is 3.19.